The monoisotopic (exact) mass is 175 g/mol. The lowest BCUT2D eigenvalue weighted by atomic mass is 10.6. The van der Waals surface area contributed by atoms with Gasteiger partial charge in [-0.1, -0.05) is 23.5 Å². The highest BCUT2D eigenvalue weighted by Crippen LogP contribution is 2.25. The van der Waals surface area contributed by atoms with Crippen molar-refractivity contribution in [1.82, 2.24) is 0 Å². The number of rotatable bonds is 2. The lowest BCUT2D eigenvalue weighted by molar-refractivity contribution is 0.426. The minimum Gasteiger partial charge on any atom is -0.372 e. The molecule has 0 aromatic carbocycles. The molecule has 10 heavy (non-hydrogen) atoms. The van der Waals surface area contributed by atoms with E-state index in [1.807, 2.05) is 23.5 Å². The predicted octanol–water partition coefficient (Wildman–Crippen LogP) is 1.22. The molecule has 2 nitrogen and oxygen atoms in total. The lowest BCUT2D eigenvalue weighted by Gasteiger charge is -1.93. The van der Waals surface area contributed by atoms with Gasteiger partial charge < -0.3 is 4.74 Å². The molecule has 2 heterocycles. The highest BCUT2D eigenvalue weighted by atomic mass is 32.2. The Balaban J connectivity index is 1.68. The summed E-state index contributed by atoms with van der Waals surface area (Å²) in [5.74, 6) is 2.28. The van der Waals surface area contributed by atoms with Crippen molar-refractivity contribution in [2.75, 3.05) is 24.7 Å². The second-order valence-electron chi connectivity index (χ2n) is 2.26. The van der Waals surface area contributed by atoms with E-state index in [4.69, 9.17) is 4.74 Å². The maximum atomic E-state index is 5.08. The summed E-state index contributed by atoms with van der Waals surface area (Å²) in [6.45, 7) is 1.98. The fraction of sp³-hybridized carbons (Fsp3) is 0.833. The summed E-state index contributed by atoms with van der Waals surface area (Å²) in [6.07, 6.45) is 0.536. The van der Waals surface area contributed by atoms with Crippen LogP contribution < -0.4 is 0 Å². The summed E-state index contributed by atoms with van der Waals surface area (Å²) in [5.41, 5.74) is 0. The quantitative estimate of drug-likeness (QED) is 0.590. The number of hydrogen-bond acceptors (Lipinski definition) is 4. The van der Waals surface area contributed by atoms with Gasteiger partial charge in [0, 0.05) is 11.5 Å². The van der Waals surface area contributed by atoms with Crippen LogP contribution in [0.1, 0.15) is 0 Å². The van der Waals surface area contributed by atoms with Crippen molar-refractivity contribution < 1.29 is 4.74 Å². The van der Waals surface area contributed by atoms with Gasteiger partial charge in [0.2, 0.25) is 0 Å². The summed E-state index contributed by atoms with van der Waals surface area (Å²) in [5, 5.41) is 0. The molecule has 0 aromatic heterocycles. The molecule has 0 aromatic rings. The Labute approximate surface area is 68.8 Å². The van der Waals surface area contributed by atoms with Gasteiger partial charge in [-0.15, -0.1) is 0 Å². The van der Waals surface area contributed by atoms with Gasteiger partial charge in [0.1, 0.15) is 4.38 Å². The molecule has 0 spiro atoms. The number of nitrogens with zero attached hydrogens (tertiary/aromatic N) is 1. The molecule has 0 bridgehead atoms. The van der Waals surface area contributed by atoms with Crippen molar-refractivity contribution in [1.29, 1.82) is 0 Å². The zero-order valence-electron chi connectivity index (χ0n) is 5.58. The first kappa shape index (κ1) is 7.00. The zero-order valence-corrected chi connectivity index (χ0v) is 7.21. The second kappa shape index (κ2) is 3.15. The predicted molar refractivity (Wildman–Crippen MR) is 47.0 cm³/mol. The van der Waals surface area contributed by atoms with Crippen LogP contribution in [-0.2, 0) is 4.74 Å². The lowest BCUT2D eigenvalue weighted by Crippen LogP contribution is -1.91. The van der Waals surface area contributed by atoms with Crippen LogP contribution in [0, 0.1) is 0 Å². The molecule has 0 aliphatic carbocycles. The van der Waals surface area contributed by atoms with E-state index in [2.05, 4.69) is 4.99 Å². The van der Waals surface area contributed by atoms with Crippen molar-refractivity contribution in [3.63, 3.8) is 0 Å². The van der Waals surface area contributed by atoms with Gasteiger partial charge in [-0.25, -0.2) is 0 Å². The summed E-state index contributed by atoms with van der Waals surface area (Å²) in [7, 11) is 0. The largest absolute Gasteiger partial charge is 0.372 e. The fourth-order valence-corrected chi connectivity index (χ4v) is 2.76. The normalized spacial score (nSPS) is 30.4. The molecule has 56 valence electrons. The first-order chi connectivity index (χ1) is 4.95. The molecular formula is C6H9NOS2. The van der Waals surface area contributed by atoms with E-state index in [0.717, 1.165) is 18.9 Å². The molecule has 1 saturated heterocycles. The summed E-state index contributed by atoms with van der Waals surface area (Å²) >= 11 is 3.71. The third-order valence-electron chi connectivity index (χ3n) is 1.35. The van der Waals surface area contributed by atoms with Gasteiger partial charge in [-0.2, -0.15) is 0 Å². The van der Waals surface area contributed by atoms with Crippen LogP contribution in [0.3, 0.4) is 0 Å². The van der Waals surface area contributed by atoms with Gasteiger partial charge in [0.25, 0.3) is 0 Å². The van der Waals surface area contributed by atoms with E-state index < -0.39 is 0 Å². The zero-order chi connectivity index (χ0) is 6.81. The first-order valence-electron chi connectivity index (χ1n) is 3.37. The molecule has 1 fully saturated rings. The highest BCUT2D eigenvalue weighted by molar-refractivity contribution is 8.39. The Morgan fingerprint density at radius 3 is 3.30 bits per heavy atom. The van der Waals surface area contributed by atoms with E-state index in [-0.39, 0.29) is 0 Å². The van der Waals surface area contributed by atoms with Crippen LogP contribution in [0.15, 0.2) is 4.99 Å². The molecule has 0 radical (unpaired) electrons. The Morgan fingerprint density at radius 2 is 2.70 bits per heavy atom. The first-order valence-corrected chi connectivity index (χ1v) is 5.34. The van der Waals surface area contributed by atoms with E-state index >= 15 is 0 Å². The molecule has 0 saturated carbocycles. The van der Waals surface area contributed by atoms with Gasteiger partial charge in [0.05, 0.1) is 19.3 Å². The molecule has 4 heteroatoms. The fourth-order valence-electron chi connectivity index (χ4n) is 0.731. The average Bonchev–Trinajstić information content (AvgIpc) is 2.63. The Hall–Kier alpha value is 0.330. The molecule has 1 atom stereocenters. The minimum atomic E-state index is 0.536. The van der Waals surface area contributed by atoms with Crippen LogP contribution in [0.5, 0.6) is 0 Å². The summed E-state index contributed by atoms with van der Waals surface area (Å²) in [6, 6.07) is 0. The molecular weight excluding hydrogens is 166 g/mol. The average molecular weight is 175 g/mol. The van der Waals surface area contributed by atoms with E-state index in [0.29, 0.717) is 6.10 Å². The Kier molecular flexibility index (Phi) is 2.21. The van der Waals surface area contributed by atoms with Gasteiger partial charge in [-0.05, 0) is 0 Å². The highest BCUT2D eigenvalue weighted by Gasteiger charge is 2.23. The van der Waals surface area contributed by atoms with Crippen LogP contribution in [0.4, 0.5) is 0 Å². The Bertz CT molecular complexity index is 156. The van der Waals surface area contributed by atoms with Crippen molar-refractivity contribution in [3.8, 4) is 0 Å². The number of aliphatic imine (C=N–C) groups is 1. The van der Waals surface area contributed by atoms with E-state index in [9.17, 15) is 0 Å². The van der Waals surface area contributed by atoms with Crippen molar-refractivity contribution in [3.05, 3.63) is 0 Å². The molecule has 1 unspecified atom stereocenters. The standard InChI is InChI=1S/C6H9NOS2/c1-2-9-6(7-1)10-4-5-3-8-5/h5H,1-4H2. The van der Waals surface area contributed by atoms with Crippen LogP contribution >= 0.6 is 23.5 Å². The molecule has 2 aliphatic heterocycles. The van der Waals surface area contributed by atoms with Gasteiger partial charge in [-0.3, -0.25) is 4.99 Å². The smallest absolute Gasteiger partial charge is 0.124 e. The van der Waals surface area contributed by atoms with Crippen LogP contribution in [0.2, 0.25) is 0 Å². The molecule has 0 amide bonds. The van der Waals surface area contributed by atoms with Gasteiger partial charge in [0.15, 0.2) is 0 Å². The summed E-state index contributed by atoms with van der Waals surface area (Å²) in [4.78, 5) is 4.32. The SMILES string of the molecule is C1CSC(SCC2CO2)=N1. The minimum absolute atomic E-state index is 0.536. The molecule has 2 rings (SSSR count). The van der Waals surface area contributed by atoms with E-state index in [1.54, 1.807) is 0 Å². The second-order valence-corrected chi connectivity index (χ2v) is 4.61. The van der Waals surface area contributed by atoms with Crippen LogP contribution in [0.25, 0.3) is 0 Å². The van der Waals surface area contributed by atoms with Crippen molar-refractivity contribution in [2.24, 2.45) is 4.99 Å². The van der Waals surface area contributed by atoms with E-state index in [1.165, 1.54) is 10.1 Å². The van der Waals surface area contributed by atoms with Crippen molar-refractivity contribution in [2.45, 2.75) is 6.10 Å². The molecule has 2 aliphatic rings. The van der Waals surface area contributed by atoms with Crippen molar-refractivity contribution >= 4 is 27.9 Å². The number of hydrogen-bond donors (Lipinski definition) is 0. The number of ether oxygens (including phenoxy) is 1. The topological polar surface area (TPSA) is 24.9 Å². The third kappa shape index (κ3) is 1.90. The maximum Gasteiger partial charge on any atom is 0.124 e. The van der Waals surface area contributed by atoms with Crippen LogP contribution in [-0.4, -0.2) is 35.1 Å². The Morgan fingerprint density at radius 1 is 1.80 bits per heavy atom. The number of epoxide rings is 1. The third-order valence-corrected chi connectivity index (χ3v) is 3.74. The maximum absolute atomic E-state index is 5.08. The number of thioether (sulfide) groups is 2. The molecule has 0 N–H and O–H groups in total. The summed E-state index contributed by atoms with van der Waals surface area (Å²) < 4.78 is 6.34. The van der Waals surface area contributed by atoms with Gasteiger partial charge >= 0.3 is 0 Å².